The minimum atomic E-state index is -0.541. The van der Waals surface area contributed by atoms with Gasteiger partial charge in [-0.15, -0.1) is 0 Å². The van der Waals surface area contributed by atoms with Crippen LogP contribution >= 0.6 is 11.8 Å². The molecule has 0 aliphatic rings. The number of nitrogens with zero attached hydrogens (tertiary/aromatic N) is 3. The summed E-state index contributed by atoms with van der Waals surface area (Å²) in [4.78, 5) is 29.5. The molecule has 0 aromatic carbocycles. The van der Waals surface area contributed by atoms with Gasteiger partial charge in [0.25, 0.3) is 0 Å². The molecule has 1 amide bonds. The molecule has 0 atom stereocenters. The van der Waals surface area contributed by atoms with Gasteiger partial charge in [-0.3, -0.25) is 14.9 Å². The quantitative estimate of drug-likeness (QED) is 0.348. The molecule has 1 aromatic rings. The van der Waals surface area contributed by atoms with Gasteiger partial charge in [-0.2, -0.15) is 4.98 Å². The summed E-state index contributed by atoms with van der Waals surface area (Å²) in [5.41, 5.74) is 0.0988. The van der Waals surface area contributed by atoms with Crippen LogP contribution in [-0.4, -0.2) is 40.6 Å². The van der Waals surface area contributed by atoms with Gasteiger partial charge >= 0.3 is 5.69 Å². The number of hydrogen-bond donors (Lipinski definition) is 2. The number of aryl methyl sites for hydroxylation is 1. The SMILES string of the molecule is CNC(=O)CSc1nc(NC)nc(C)c1[N+](=O)[O-]. The zero-order valence-electron chi connectivity index (χ0n) is 10.2. The van der Waals surface area contributed by atoms with Gasteiger partial charge in [0.1, 0.15) is 5.69 Å². The number of amides is 1. The van der Waals surface area contributed by atoms with Gasteiger partial charge in [0.05, 0.1) is 10.7 Å². The number of nitrogens with one attached hydrogen (secondary N) is 2. The highest BCUT2D eigenvalue weighted by Gasteiger charge is 2.22. The number of carbonyl (C=O) groups is 1. The van der Waals surface area contributed by atoms with Crippen molar-refractivity contribution in [2.45, 2.75) is 11.9 Å². The summed E-state index contributed by atoms with van der Waals surface area (Å²) in [5.74, 6) is 0.130. The van der Waals surface area contributed by atoms with Gasteiger partial charge in [0, 0.05) is 14.1 Å². The molecule has 0 bridgehead atoms. The molecule has 1 heterocycles. The molecule has 8 nitrogen and oxygen atoms in total. The van der Waals surface area contributed by atoms with Gasteiger partial charge in [0.15, 0.2) is 5.03 Å². The summed E-state index contributed by atoms with van der Waals surface area (Å²) < 4.78 is 0. The second-order valence-electron chi connectivity index (χ2n) is 3.26. The summed E-state index contributed by atoms with van der Waals surface area (Å²) in [5, 5.41) is 16.3. The summed E-state index contributed by atoms with van der Waals surface area (Å²) in [7, 11) is 3.12. The Morgan fingerprint density at radius 3 is 2.61 bits per heavy atom. The van der Waals surface area contributed by atoms with Gasteiger partial charge in [-0.25, -0.2) is 4.98 Å². The van der Waals surface area contributed by atoms with E-state index in [-0.39, 0.29) is 34.0 Å². The van der Waals surface area contributed by atoms with Crippen LogP contribution in [0.4, 0.5) is 11.6 Å². The Hall–Kier alpha value is -1.90. The molecule has 0 radical (unpaired) electrons. The predicted octanol–water partition coefficient (Wildman–Crippen LogP) is 0.573. The van der Waals surface area contributed by atoms with Crippen LogP contribution in [0.1, 0.15) is 5.69 Å². The predicted molar refractivity (Wildman–Crippen MR) is 67.8 cm³/mol. The molecule has 0 spiro atoms. The van der Waals surface area contributed by atoms with E-state index in [1.54, 1.807) is 7.05 Å². The summed E-state index contributed by atoms with van der Waals surface area (Å²) in [6.45, 7) is 1.53. The third-order valence-electron chi connectivity index (χ3n) is 2.05. The van der Waals surface area contributed by atoms with Crippen LogP contribution in [0, 0.1) is 17.0 Å². The normalized spacial score (nSPS) is 9.94. The lowest BCUT2D eigenvalue weighted by molar-refractivity contribution is -0.389. The first-order valence-corrected chi connectivity index (χ1v) is 6.02. The number of hydrogen-bond acceptors (Lipinski definition) is 7. The Balaban J connectivity index is 3.09. The first-order valence-electron chi connectivity index (χ1n) is 5.03. The van der Waals surface area contributed by atoms with Crippen molar-refractivity contribution in [3.63, 3.8) is 0 Å². The minimum Gasteiger partial charge on any atom is -0.358 e. The summed E-state index contributed by atoms with van der Waals surface area (Å²) >= 11 is 1.01. The molecule has 0 unspecified atom stereocenters. The van der Waals surface area contributed by atoms with Crippen molar-refractivity contribution in [3.8, 4) is 0 Å². The Kier molecular flexibility index (Phi) is 4.84. The average molecular weight is 271 g/mol. The van der Waals surface area contributed by atoms with Crippen molar-refractivity contribution in [2.24, 2.45) is 0 Å². The number of aromatic nitrogens is 2. The maximum atomic E-state index is 11.1. The molecule has 9 heteroatoms. The second kappa shape index (κ2) is 6.15. The van der Waals surface area contributed by atoms with Crippen LogP contribution in [-0.2, 0) is 4.79 Å². The van der Waals surface area contributed by atoms with Crippen molar-refractivity contribution >= 4 is 29.3 Å². The van der Waals surface area contributed by atoms with E-state index < -0.39 is 4.92 Å². The Bertz CT molecular complexity index is 480. The molecule has 2 N–H and O–H groups in total. The van der Waals surface area contributed by atoms with Crippen LogP contribution in [0.15, 0.2) is 5.03 Å². The fraction of sp³-hybridized carbons (Fsp3) is 0.444. The van der Waals surface area contributed by atoms with Crippen molar-refractivity contribution in [2.75, 3.05) is 25.2 Å². The largest absolute Gasteiger partial charge is 0.358 e. The maximum Gasteiger partial charge on any atom is 0.322 e. The van der Waals surface area contributed by atoms with E-state index in [0.717, 1.165) is 11.8 Å². The zero-order valence-corrected chi connectivity index (χ0v) is 11.0. The van der Waals surface area contributed by atoms with Crippen molar-refractivity contribution in [1.82, 2.24) is 15.3 Å². The fourth-order valence-corrected chi connectivity index (χ4v) is 2.09. The number of anilines is 1. The van der Waals surface area contributed by atoms with Crippen LogP contribution in [0.5, 0.6) is 0 Å². The Morgan fingerprint density at radius 1 is 1.44 bits per heavy atom. The van der Waals surface area contributed by atoms with E-state index >= 15 is 0 Å². The number of nitro groups is 1. The van der Waals surface area contributed by atoms with E-state index in [4.69, 9.17) is 0 Å². The van der Waals surface area contributed by atoms with E-state index in [1.165, 1.54) is 14.0 Å². The minimum absolute atomic E-state index is 0.0664. The fourth-order valence-electron chi connectivity index (χ4n) is 1.17. The molecule has 0 aliphatic heterocycles. The monoisotopic (exact) mass is 271 g/mol. The van der Waals surface area contributed by atoms with E-state index in [1.807, 2.05) is 0 Å². The van der Waals surface area contributed by atoms with Gasteiger partial charge in [0.2, 0.25) is 11.9 Å². The topological polar surface area (TPSA) is 110 Å². The molecule has 18 heavy (non-hydrogen) atoms. The molecule has 1 rings (SSSR count). The molecular formula is C9H13N5O3S. The first-order chi connectivity index (χ1) is 8.49. The van der Waals surface area contributed by atoms with E-state index in [9.17, 15) is 14.9 Å². The highest BCUT2D eigenvalue weighted by atomic mass is 32.2. The third kappa shape index (κ3) is 3.29. The number of carbonyl (C=O) groups excluding carboxylic acids is 1. The van der Waals surface area contributed by atoms with Crippen molar-refractivity contribution in [3.05, 3.63) is 15.8 Å². The number of thioether (sulfide) groups is 1. The van der Waals surface area contributed by atoms with Crippen molar-refractivity contribution < 1.29 is 9.72 Å². The van der Waals surface area contributed by atoms with Crippen molar-refractivity contribution in [1.29, 1.82) is 0 Å². The molecule has 0 fully saturated rings. The Labute approximate surface area is 108 Å². The summed E-state index contributed by atoms with van der Waals surface area (Å²) in [6.07, 6.45) is 0. The van der Waals surface area contributed by atoms with E-state index in [0.29, 0.717) is 0 Å². The van der Waals surface area contributed by atoms with Gasteiger partial charge < -0.3 is 10.6 Å². The molecule has 0 aliphatic carbocycles. The lowest BCUT2D eigenvalue weighted by Gasteiger charge is -2.06. The highest BCUT2D eigenvalue weighted by molar-refractivity contribution is 8.00. The molecular weight excluding hydrogens is 258 g/mol. The molecule has 0 saturated heterocycles. The lowest BCUT2D eigenvalue weighted by Crippen LogP contribution is -2.20. The average Bonchev–Trinajstić information content (AvgIpc) is 2.34. The third-order valence-corrected chi connectivity index (χ3v) is 3.02. The molecule has 1 aromatic heterocycles. The molecule has 98 valence electrons. The van der Waals surface area contributed by atoms with Crippen LogP contribution in [0.25, 0.3) is 0 Å². The highest BCUT2D eigenvalue weighted by Crippen LogP contribution is 2.30. The summed E-state index contributed by atoms with van der Waals surface area (Å²) in [6, 6.07) is 0. The molecule has 0 saturated carbocycles. The van der Waals surface area contributed by atoms with Crippen LogP contribution < -0.4 is 10.6 Å². The van der Waals surface area contributed by atoms with Crippen LogP contribution in [0.2, 0.25) is 0 Å². The Morgan fingerprint density at radius 2 is 2.11 bits per heavy atom. The lowest BCUT2D eigenvalue weighted by atomic mass is 10.4. The second-order valence-corrected chi connectivity index (χ2v) is 4.22. The smallest absolute Gasteiger partial charge is 0.322 e. The number of rotatable bonds is 5. The van der Waals surface area contributed by atoms with Gasteiger partial charge in [-0.05, 0) is 6.92 Å². The van der Waals surface area contributed by atoms with Crippen LogP contribution in [0.3, 0.4) is 0 Å². The van der Waals surface area contributed by atoms with E-state index in [2.05, 4.69) is 20.6 Å². The zero-order chi connectivity index (χ0) is 13.7. The standard InChI is InChI=1S/C9H13N5O3S/c1-5-7(14(16)17)8(13-9(11-3)12-5)18-4-6(15)10-2/h4H2,1-3H3,(H,10,15)(H,11,12,13). The first kappa shape index (κ1) is 14.2. The van der Waals surface area contributed by atoms with Gasteiger partial charge in [-0.1, -0.05) is 11.8 Å². The maximum absolute atomic E-state index is 11.1.